The standard InChI is InChI=1S/C18H23N3OS.ClH/c1-12(2)19-9-10-21-15-7-6-14(13(3)22)11-17(15)23-16-5-4-8-20-18(16)21;/h4-8,11-13,19,22H,9-10H2,1-3H3;1H. The number of nitrogens with zero attached hydrogens (tertiary/aromatic N) is 2. The number of aromatic nitrogens is 1. The van der Waals surface area contributed by atoms with Gasteiger partial charge in [0.05, 0.1) is 35.8 Å². The fourth-order valence-corrected chi connectivity index (χ4v) is 3.87. The lowest BCUT2D eigenvalue weighted by atomic mass is 10.1. The highest BCUT2D eigenvalue weighted by Crippen LogP contribution is 2.47. The molecular formula is C18H24ClN3OS. The number of halogens is 1. The van der Waals surface area contributed by atoms with Crippen molar-refractivity contribution in [1.82, 2.24) is 4.98 Å². The van der Waals surface area contributed by atoms with Crippen LogP contribution < -0.4 is 22.6 Å². The predicted octanol–water partition coefficient (Wildman–Crippen LogP) is -0.287. The van der Waals surface area contributed by atoms with Gasteiger partial charge in [-0.1, -0.05) is 17.8 Å². The second-order valence-electron chi connectivity index (χ2n) is 6.25. The summed E-state index contributed by atoms with van der Waals surface area (Å²) in [4.78, 5) is 9.26. The van der Waals surface area contributed by atoms with Gasteiger partial charge in [0, 0.05) is 11.1 Å². The van der Waals surface area contributed by atoms with Crippen molar-refractivity contribution in [3.8, 4) is 0 Å². The van der Waals surface area contributed by atoms with Crippen LogP contribution in [0.15, 0.2) is 46.3 Å². The Morgan fingerprint density at radius 3 is 2.71 bits per heavy atom. The van der Waals surface area contributed by atoms with Crippen LogP contribution in [-0.4, -0.2) is 29.2 Å². The Bertz CT molecular complexity index is 694. The molecule has 3 N–H and O–H groups in total. The smallest absolute Gasteiger partial charge is 0.147 e. The zero-order chi connectivity index (χ0) is 16.4. The van der Waals surface area contributed by atoms with Crippen molar-refractivity contribution in [2.24, 2.45) is 0 Å². The van der Waals surface area contributed by atoms with Crippen LogP contribution in [0.3, 0.4) is 0 Å². The van der Waals surface area contributed by atoms with Crippen LogP contribution in [0.2, 0.25) is 0 Å². The molecule has 1 aliphatic heterocycles. The van der Waals surface area contributed by atoms with Crippen molar-refractivity contribution in [3.63, 3.8) is 0 Å². The summed E-state index contributed by atoms with van der Waals surface area (Å²) in [6.45, 7) is 8.17. The van der Waals surface area contributed by atoms with Crippen molar-refractivity contribution in [3.05, 3.63) is 42.1 Å². The first-order chi connectivity index (χ1) is 11.1. The van der Waals surface area contributed by atoms with E-state index in [1.807, 2.05) is 18.3 Å². The Kier molecular flexibility index (Phi) is 6.52. The lowest BCUT2D eigenvalue weighted by Crippen LogP contribution is -3.00. The molecule has 1 atom stereocenters. The van der Waals surface area contributed by atoms with E-state index < -0.39 is 6.10 Å². The van der Waals surface area contributed by atoms with Gasteiger partial charge in [-0.15, -0.1) is 0 Å². The van der Waals surface area contributed by atoms with Crippen molar-refractivity contribution in [2.45, 2.75) is 42.7 Å². The molecule has 24 heavy (non-hydrogen) atoms. The lowest BCUT2D eigenvalue weighted by molar-refractivity contribution is -0.680. The molecule has 4 nitrogen and oxygen atoms in total. The van der Waals surface area contributed by atoms with E-state index in [9.17, 15) is 5.11 Å². The maximum absolute atomic E-state index is 9.85. The van der Waals surface area contributed by atoms with Crippen LogP contribution in [-0.2, 0) is 0 Å². The number of benzene rings is 1. The van der Waals surface area contributed by atoms with E-state index >= 15 is 0 Å². The molecule has 0 bridgehead atoms. The van der Waals surface area contributed by atoms with Crippen LogP contribution >= 0.6 is 11.8 Å². The molecule has 0 aliphatic carbocycles. The molecule has 0 saturated heterocycles. The Hall–Kier alpha value is -1.27. The normalized spacial score (nSPS) is 14.0. The van der Waals surface area contributed by atoms with E-state index in [-0.39, 0.29) is 12.4 Å². The molecule has 3 rings (SSSR count). The third kappa shape index (κ3) is 4.03. The quantitative estimate of drug-likeness (QED) is 0.765. The molecule has 130 valence electrons. The maximum Gasteiger partial charge on any atom is 0.147 e. The van der Waals surface area contributed by atoms with E-state index in [4.69, 9.17) is 0 Å². The summed E-state index contributed by atoms with van der Waals surface area (Å²) in [5.41, 5.74) is 2.14. The highest BCUT2D eigenvalue weighted by Gasteiger charge is 2.25. The van der Waals surface area contributed by atoms with Gasteiger partial charge < -0.3 is 27.7 Å². The first kappa shape index (κ1) is 19.1. The molecule has 0 radical (unpaired) electrons. The molecule has 1 unspecified atom stereocenters. The van der Waals surface area contributed by atoms with Crippen molar-refractivity contribution in [2.75, 3.05) is 18.0 Å². The highest BCUT2D eigenvalue weighted by molar-refractivity contribution is 7.99. The summed E-state index contributed by atoms with van der Waals surface area (Å²) in [6.07, 6.45) is 1.41. The average molecular weight is 366 g/mol. The molecular weight excluding hydrogens is 342 g/mol. The van der Waals surface area contributed by atoms with E-state index in [0.717, 1.165) is 24.5 Å². The summed E-state index contributed by atoms with van der Waals surface area (Å²) in [5, 5.41) is 12.2. The summed E-state index contributed by atoms with van der Waals surface area (Å²) >= 11 is 1.73. The molecule has 2 heterocycles. The Morgan fingerprint density at radius 1 is 1.21 bits per heavy atom. The van der Waals surface area contributed by atoms with Crippen molar-refractivity contribution in [1.29, 1.82) is 0 Å². The van der Waals surface area contributed by atoms with Gasteiger partial charge in [-0.25, -0.2) is 4.98 Å². The zero-order valence-corrected chi connectivity index (χ0v) is 15.8. The zero-order valence-electron chi connectivity index (χ0n) is 14.2. The fourth-order valence-electron chi connectivity index (χ4n) is 2.76. The van der Waals surface area contributed by atoms with Gasteiger partial charge in [0.15, 0.2) is 0 Å². The minimum atomic E-state index is -0.445. The van der Waals surface area contributed by atoms with Crippen molar-refractivity contribution < 1.29 is 22.8 Å². The maximum atomic E-state index is 9.85. The number of rotatable bonds is 5. The second kappa shape index (κ2) is 8.21. The van der Waals surface area contributed by atoms with Crippen molar-refractivity contribution >= 4 is 23.3 Å². The number of hydrogen-bond acceptors (Lipinski definition) is 4. The summed E-state index contributed by atoms with van der Waals surface area (Å²) < 4.78 is 0. The summed E-state index contributed by atoms with van der Waals surface area (Å²) in [7, 11) is 0. The number of hydrogen-bond donors (Lipinski definition) is 2. The Balaban J connectivity index is 0.00000208. The van der Waals surface area contributed by atoms with E-state index in [0.29, 0.717) is 6.04 Å². The summed E-state index contributed by atoms with van der Waals surface area (Å²) in [6, 6.07) is 10.9. The van der Waals surface area contributed by atoms with Crippen LogP contribution in [0.5, 0.6) is 0 Å². The van der Waals surface area contributed by atoms with Gasteiger partial charge in [-0.05, 0) is 50.6 Å². The molecule has 6 heteroatoms. The molecule has 1 aliphatic rings. The van der Waals surface area contributed by atoms with Crippen LogP contribution in [0.25, 0.3) is 0 Å². The molecule has 0 saturated carbocycles. The van der Waals surface area contributed by atoms with Gasteiger partial charge in [0.2, 0.25) is 0 Å². The first-order valence-electron chi connectivity index (χ1n) is 8.12. The van der Waals surface area contributed by atoms with Gasteiger partial charge in [0.1, 0.15) is 5.82 Å². The minimum absolute atomic E-state index is 0. The Labute approximate surface area is 154 Å². The molecule has 1 aromatic carbocycles. The van der Waals surface area contributed by atoms with E-state index in [1.54, 1.807) is 18.7 Å². The SMILES string of the molecule is CC(C)[NH2+]CCN1c2ccc(C(C)O)cc2Sc2cccnc21.[Cl-]. The monoisotopic (exact) mass is 365 g/mol. The molecule has 2 aromatic rings. The molecule has 1 aromatic heterocycles. The molecule has 0 amide bonds. The number of quaternary nitrogens is 1. The molecule has 0 fully saturated rings. The highest BCUT2D eigenvalue weighted by atomic mass is 35.5. The lowest BCUT2D eigenvalue weighted by Gasteiger charge is -2.31. The number of anilines is 2. The number of aliphatic hydroxyl groups excluding tert-OH is 1. The largest absolute Gasteiger partial charge is 1.00 e. The minimum Gasteiger partial charge on any atom is -1.00 e. The summed E-state index contributed by atoms with van der Waals surface area (Å²) in [5.74, 6) is 1.03. The third-order valence-corrected chi connectivity index (χ3v) is 5.06. The number of aliphatic hydroxyl groups is 1. The number of fused-ring (bicyclic) bond motifs is 2. The third-order valence-electron chi connectivity index (χ3n) is 3.97. The average Bonchev–Trinajstić information content (AvgIpc) is 2.53. The number of nitrogens with two attached hydrogens (primary N) is 1. The van der Waals surface area contributed by atoms with Gasteiger partial charge in [-0.3, -0.25) is 0 Å². The predicted molar refractivity (Wildman–Crippen MR) is 94.4 cm³/mol. The van der Waals surface area contributed by atoms with E-state index in [2.05, 4.69) is 47.2 Å². The van der Waals surface area contributed by atoms with Gasteiger partial charge >= 0.3 is 0 Å². The second-order valence-corrected chi connectivity index (χ2v) is 7.33. The van der Waals surface area contributed by atoms with Crippen LogP contribution in [0, 0.1) is 0 Å². The first-order valence-corrected chi connectivity index (χ1v) is 8.93. The number of pyridine rings is 1. The molecule has 0 spiro atoms. The fraction of sp³-hybridized carbons (Fsp3) is 0.389. The topological polar surface area (TPSA) is 53.0 Å². The van der Waals surface area contributed by atoms with Crippen LogP contribution in [0.1, 0.15) is 32.4 Å². The van der Waals surface area contributed by atoms with E-state index in [1.165, 1.54) is 15.5 Å². The van der Waals surface area contributed by atoms with Crippen LogP contribution in [0.4, 0.5) is 11.5 Å². The van der Waals surface area contributed by atoms with Gasteiger partial charge in [-0.2, -0.15) is 0 Å². The van der Waals surface area contributed by atoms with Gasteiger partial charge in [0.25, 0.3) is 0 Å². The Morgan fingerprint density at radius 2 is 2.00 bits per heavy atom.